The first-order chi connectivity index (χ1) is 5.80. The van der Waals surface area contributed by atoms with Crippen LogP contribution in [0.25, 0.3) is 0 Å². The molecule has 0 amide bonds. The molecule has 62 valence electrons. The highest BCUT2D eigenvalue weighted by Gasteiger charge is 2.48. The van der Waals surface area contributed by atoms with E-state index < -0.39 is 0 Å². The van der Waals surface area contributed by atoms with Crippen LogP contribution in [0.1, 0.15) is 18.4 Å². The lowest BCUT2D eigenvalue weighted by Gasteiger charge is -2.04. The Kier molecular flexibility index (Phi) is 0.932. The molecule has 2 N–H and O–H groups in total. The van der Waals surface area contributed by atoms with E-state index >= 15 is 0 Å². The monoisotopic (exact) mass is 161 g/mol. The van der Waals surface area contributed by atoms with Crippen molar-refractivity contribution < 1.29 is 5.11 Å². The maximum Gasteiger partial charge on any atom is 0.116 e. The first-order valence-electron chi connectivity index (χ1n) is 4.38. The molecule has 1 fully saturated rings. The van der Waals surface area contributed by atoms with Crippen molar-refractivity contribution in [2.75, 3.05) is 11.9 Å². The van der Waals surface area contributed by atoms with E-state index in [0.29, 0.717) is 11.2 Å². The summed E-state index contributed by atoms with van der Waals surface area (Å²) in [6.45, 7) is 1.06. The van der Waals surface area contributed by atoms with E-state index in [2.05, 4.69) is 5.32 Å². The molecule has 1 saturated carbocycles. The minimum absolute atomic E-state index is 0.392. The Morgan fingerprint density at radius 3 is 2.92 bits per heavy atom. The molecule has 12 heavy (non-hydrogen) atoms. The predicted octanol–water partition coefficient (Wildman–Crippen LogP) is 1.85. The van der Waals surface area contributed by atoms with Crippen LogP contribution >= 0.6 is 0 Å². The molecule has 1 aromatic rings. The Hall–Kier alpha value is -1.18. The van der Waals surface area contributed by atoms with Crippen molar-refractivity contribution in [3.05, 3.63) is 23.8 Å². The van der Waals surface area contributed by atoms with Crippen molar-refractivity contribution in [2.24, 2.45) is 0 Å². The molecule has 1 aliphatic heterocycles. The normalized spacial score (nSPS) is 22.0. The third kappa shape index (κ3) is 0.649. The van der Waals surface area contributed by atoms with Gasteiger partial charge in [-0.3, -0.25) is 0 Å². The number of aromatic hydroxyl groups is 1. The van der Waals surface area contributed by atoms with Gasteiger partial charge in [0.1, 0.15) is 5.75 Å². The van der Waals surface area contributed by atoms with Gasteiger partial charge >= 0.3 is 0 Å². The maximum atomic E-state index is 9.33. The topological polar surface area (TPSA) is 32.3 Å². The molecule has 0 saturated heterocycles. The van der Waals surface area contributed by atoms with Crippen molar-refractivity contribution in [1.29, 1.82) is 0 Å². The Balaban J connectivity index is 2.20. The number of rotatable bonds is 0. The van der Waals surface area contributed by atoms with Crippen LogP contribution in [0.2, 0.25) is 0 Å². The second-order valence-corrected chi connectivity index (χ2v) is 3.86. The minimum atomic E-state index is 0.392. The van der Waals surface area contributed by atoms with Gasteiger partial charge in [-0.05, 0) is 36.6 Å². The second-order valence-electron chi connectivity index (χ2n) is 3.86. The third-order valence-electron chi connectivity index (χ3n) is 3.05. The fourth-order valence-corrected chi connectivity index (χ4v) is 2.08. The summed E-state index contributed by atoms with van der Waals surface area (Å²) in [7, 11) is 0. The smallest absolute Gasteiger partial charge is 0.116 e. The van der Waals surface area contributed by atoms with Gasteiger partial charge in [0, 0.05) is 17.6 Å². The van der Waals surface area contributed by atoms with Crippen molar-refractivity contribution in [1.82, 2.24) is 0 Å². The molecular weight excluding hydrogens is 150 g/mol. The van der Waals surface area contributed by atoms with Crippen molar-refractivity contribution >= 4 is 5.69 Å². The summed E-state index contributed by atoms with van der Waals surface area (Å²) in [5.41, 5.74) is 2.93. The van der Waals surface area contributed by atoms with Crippen LogP contribution < -0.4 is 5.32 Å². The molecule has 0 atom stereocenters. The molecule has 0 bridgehead atoms. The molecule has 1 aromatic carbocycles. The Bertz CT molecular complexity index is 342. The molecule has 2 nitrogen and oxygen atoms in total. The summed E-state index contributed by atoms with van der Waals surface area (Å²) >= 11 is 0. The number of phenols is 1. The van der Waals surface area contributed by atoms with Gasteiger partial charge in [0.2, 0.25) is 0 Å². The molecule has 2 heteroatoms. The Labute approximate surface area is 71.2 Å². The lowest BCUT2D eigenvalue weighted by molar-refractivity contribution is 0.474. The van der Waals surface area contributed by atoms with Crippen LogP contribution in [0.5, 0.6) is 5.75 Å². The summed E-state index contributed by atoms with van der Waals surface area (Å²) < 4.78 is 0. The number of hydrogen-bond donors (Lipinski definition) is 2. The van der Waals surface area contributed by atoms with E-state index in [0.717, 1.165) is 6.54 Å². The Morgan fingerprint density at radius 2 is 2.17 bits per heavy atom. The third-order valence-corrected chi connectivity index (χ3v) is 3.05. The molecule has 3 rings (SSSR count). The van der Waals surface area contributed by atoms with Crippen LogP contribution in [0.3, 0.4) is 0 Å². The van der Waals surface area contributed by atoms with Gasteiger partial charge in [0.25, 0.3) is 0 Å². The first-order valence-corrected chi connectivity index (χ1v) is 4.38. The van der Waals surface area contributed by atoms with Crippen molar-refractivity contribution in [3.8, 4) is 5.75 Å². The molecule has 0 radical (unpaired) electrons. The number of fused-ring (bicyclic) bond motifs is 2. The fraction of sp³-hybridized carbons (Fsp3) is 0.400. The van der Waals surface area contributed by atoms with Gasteiger partial charge < -0.3 is 10.4 Å². The lowest BCUT2D eigenvalue weighted by atomic mass is 9.98. The second kappa shape index (κ2) is 1.76. The van der Waals surface area contributed by atoms with Crippen molar-refractivity contribution in [3.63, 3.8) is 0 Å². The quantitative estimate of drug-likeness (QED) is 0.569. The van der Waals surface area contributed by atoms with E-state index in [9.17, 15) is 5.11 Å². The lowest BCUT2D eigenvalue weighted by Crippen LogP contribution is -2.08. The molecule has 1 heterocycles. The van der Waals surface area contributed by atoms with E-state index in [1.54, 1.807) is 6.07 Å². The zero-order valence-corrected chi connectivity index (χ0v) is 6.80. The summed E-state index contributed by atoms with van der Waals surface area (Å²) in [6.07, 6.45) is 2.55. The van der Waals surface area contributed by atoms with Gasteiger partial charge in [-0.25, -0.2) is 0 Å². The van der Waals surface area contributed by atoms with Gasteiger partial charge in [-0.1, -0.05) is 0 Å². The largest absolute Gasteiger partial charge is 0.508 e. The highest BCUT2D eigenvalue weighted by Crippen LogP contribution is 2.54. The van der Waals surface area contributed by atoms with E-state index in [1.165, 1.54) is 24.1 Å². The summed E-state index contributed by atoms with van der Waals surface area (Å²) in [5.74, 6) is 0.392. The van der Waals surface area contributed by atoms with E-state index in [-0.39, 0.29) is 0 Å². The zero-order valence-electron chi connectivity index (χ0n) is 6.80. The molecule has 2 aliphatic rings. The van der Waals surface area contributed by atoms with E-state index in [1.807, 2.05) is 12.1 Å². The average Bonchev–Trinajstić information content (AvgIpc) is 2.74. The molecule has 1 spiro atoms. The highest BCUT2D eigenvalue weighted by atomic mass is 16.3. The highest BCUT2D eigenvalue weighted by molar-refractivity contribution is 5.64. The number of nitrogens with one attached hydrogen (secondary N) is 1. The van der Waals surface area contributed by atoms with Crippen LogP contribution in [0.15, 0.2) is 18.2 Å². The molecular formula is C10H11NO. The number of phenolic OH excluding ortho intramolecular Hbond substituents is 1. The minimum Gasteiger partial charge on any atom is -0.508 e. The Morgan fingerprint density at radius 1 is 1.33 bits per heavy atom. The zero-order chi connectivity index (χ0) is 8.18. The van der Waals surface area contributed by atoms with Crippen LogP contribution in [0, 0.1) is 0 Å². The predicted molar refractivity (Wildman–Crippen MR) is 47.5 cm³/mol. The summed E-state index contributed by atoms with van der Waals surface area (Å²) in [5, 5.41) is 12.7. The summed E-state index contributed by atoms with van der Waals surface area (Å²) in [6, 6.07) is 5.62. The average molecular weight is 161 g/mol. The summed E-state index contributed by atoms with van der Waals surface area (Å²) in [4.78, 5) is 0. The van der Waals surface area contributed by atoms with Gasteiger partial charge in [0.05, 0.1) is 0 Å². The van der Waals surface area contributed by atoms with Crippen LogP contribution in [0.4, 0.5) is 5.69 Å². The molecule has 1 aliphatic carbocycles. The van der Waals surface area contributed by atoms with Crippen molar-refractivity contribution in [2.45, 2.75) is 18.3 Å². The maximum absolute atomic E-state index is 9.33. The standard InChI is InChI=1S/C10H11NO/c12-7-1-2-9-8(5-7)10(3-4-10)6-11-9/h1-2,5,11-12H,3-4,6H2. The van der Waals surface area contributed by atoms with Gasteiger partial charge in [-0.15, -0.1) is 0 Å². The fourth-order valence-electron chi connectivity index (χ4n) is 2.08. The van der Waals surface area contributed by atoms with Crippen LogP contribution in [-0.2, 0) is 5.41 Å². The number of benzene rings is 1. The molecule has 0 aromatic heterocycles. The van der Waals surface area contributed by atoms with Gasteiger partial charge in [0.15, 0.2) is 0 Å². The van der Waals surface area contributed by atoms with Crippen LogP contribution in [-0.4, -0.2) is 11.7 Å². The van der Waals surface area contributed by atoms with E-state index in [4.69, 9.17) is 0 Å². The molecule has 0 unspecified atom stereocenters. The SMILES string of the molecule is Oc1ccc2c(c1)C1(CC1)CN2. The first kappa shape index (κ1) is 6.35. The number of hydrogen-bond acceptors (Lipinski definition) is 2. The number of anilines is 1. The van der Waals surface area contributed by atoms with Gasteiger partial charge in [-0.2, -0.15) is 0 Å².